The number of aryl methyl sites for hydroxylation is 1. The summed E-state index contributed by atoms with van der Waals surface area (Å²) in [6.45, 7) is 0. The Hall–Kier alpha value is -1.32. The number of hydrogen-bond donors (Lipinski definition) is 0. The van der Waals surface area contributed by atoms with Crippen molar-refractivity contribution in [3.63, 3.8) is 0 Å². The number of Topliss-reactive ketones (excluding diaryl/α,β-unsaturated/α-hetero) is 1. The van der Waals surface area contributed by atoms with Crippen molar-refractivity contribution in [1.82, 2.24) is 9.78 Å². The number of aromatic nitrogens is 2. The first-order valence-electron chi connectivity index (χ1n) is 5.02. The molecular weight excluding hydrogens is 259 g/mol. The monoisotopic (exact) mass is 268 g/mol. The van der Waals surface area contributed by atoms with Gasteiger partial charge in [0.2, 0.25) is 0 Å². The van der Waals surface area contributed by atoms with Gasteiger partial charge in [-0.1, -0.05) is 23.2 Å². The molecule has 1 aromatic heterocycles. The van der Waals surface area contributed by atoms with Gasteiger partial charge in [-0.3, -0.25) is 9.48 Å². The van der Waals surface area contributed by atoms with Crippen LogP contribution >= 0.6 is 23.2 Å². The number of rotatable bonds is 3. The fourth-order valence-corrected chi connectivity index (χ4v) is 2.07. The number of benzene rings is 1. The predicted molar refractivity (Wildman–Crippen MR) is 67.7 cm³/mol. The molecule has 2 aromatic rings. The fraction of sp³-hybridized carbons (Fsp3) is 0.167. The molecule has 0 fully saturated rings. The van der Waals surface area contributed by atoms with E-state index in [-0.39, 0.29) is 12.2 Å². The Bertz CT molecular complexity index is 563. The molecular formula is C12H10Cl2N2O. The highest BCUT2D eigenvalue weighted by Crippen LogP contribution is 2.22. The molecule has 0 aliphatic rings. The molecule has 0 N–H and O–H groups in total. The van der Waals surface area contributed by atoms with E-state index in [2.05, 4.69) is 5.10 Å². The van der Waals surface area contributed by atoms with Crippen molar-refractivity contribution < 1.29 is 4.79 Å². The van der Waals surface area contributed by atoms with Gasteiger partial charge >= 0.3 is 0 Å². The predicted octanol–water partition coefficient (Wildman–Crippen LogP) is 3.15. The Morgan fingerprint density at radius 2 is 2.18 bits per heavy atom. The minimum absolute atomic E-state index is 0.0420. The highest BCUT2D eigenvalue weighted by atomic mass is 35.5. The normalized spacial score (nSPS) is 10.5. The van der Waals surface area contributed by atoms with E-state index in [1.807, 2.05) is 13.2 Å². The van der Waals surface area contributed by atoms with Gasteiger partial charge < -0.3 is 0 Å². The van der Waals surface area contributed by atoms with Gasteiger partial charge in [0.25, 0.3) is 0 Å². The third-order valence-corrected chi connectivity index (χ3v) is 2.90. The minimum Gasteiger partial charge on any atom is -0.294 e. The summed E-state index contributed by atoms with van der Waals surface area (Å²) in [6, 6.07) is 4.87. The van der Waals surface area contributed by atoms with E-state index in [0.29, 0.717) is 15.6 Å². The molecule has 0 saturated carbocycles. The van der Waals surface area contributed by atoms with Crippen LogP contribution in [0, 0.1) is 0 Å². The summed E-state index contributed by atoms with van der Waals surface area (Å²) in [7, 11) is 1.81. The molecule has 0 unspecified atom stereocenters. The van der Waals surface area contributed by atoms with E-state index in [1.54, 1.807) is 29.1 Å². The van der Waals surface area contributed by atoms with Gasteiger partial charge in [-0.15, -0.1) is 0 Å². The average molecular weight is 269 g/mol. The summed E-state index contributed by atoms with van der Waals surface area (Å²) in [6.07, 6.45) is 3.76. The maximum absolute atomic E-state index is 12.0. The van der Waals surface area contributed by atoms with Crippen LogP contribution in [0.1, 0.15) is 15.9 Å². The molecule has 88 valence electrons. The molecule has 0 bridgehead atoms. The summed E-state index contributed by atoms with van der Waals surface area (Å²) in [4.78, 5) is 12.0. The molecule has 0 radical (unpaired) electrons. The SMILES string of the molecule is Cn1cc(CC(=O)c2ccc(Cl)cc2Cl)cn1. The van der Waals surface area contributed by atoms with Gasteiger partial charge in [0.15, 0.2) is 5.78 Å². The number of halogens is 2. The van der Waals surface area contributed by atoms with Crippen LogP contribution in [0.5, 0.6) is 0 Å². The van der Waals surface area contributed by atoms with Crippen molar-refractivity contribution in [3.8, 4) is 0 Å². The topological polar surface area (TPSA) is 34.9 Å². The Balaban J connectivity index is 2.20. The van der Waals surface area contributed by atoms with Crippen molar-refractivity contribution in [3.05, 3.63) is 51.8 Å². The third kappa shape index (κ3) is 2.87. The van der Waals surface area contributed by atoms with Crippen LogP contribution in [0.4, 0.5) is 0 Å². The van der Waals surface area contributed by atoms with Crippen LogP contribution in [-0.4, -0.2) is 15.6 Å². The number of ketones is 1. The highest BCUT2D eigenvalue weighted by Gasteiger charge is 2.12. The van der Waals surface area contributed by atoms with E-state index in [1.165, 1.54) is 0 Å². The number of carbonyl (C=O) groups is 1. The molecule has 5 heteroatoms. The summed E-state index contributed by atoms with van der Waals surface area (Å²) in [5.74, 6) is -0.0420. The van der Waals surface area contributed by atoms with Crippen molar-refractivity contribution in [1.29, 1.82) is 0 Å². The summed E-state index contributed by atoms with van der Waals surface area (Å²) < 4.78 is 1.66. The lowest BCUT2D eigenvalue weighted by Gasteiger charge is -2.02. The maximum Gasteiger partial charge on any atom is 0.168 e. The number of carbonyl (C=O) groups excluding carboxylic acids is 1. The van der Waals surface area contributed by atoms with Gasteiger partial charge in [0.1, 0.15) is 0 Å². The Kier molecular flexibility index (Phi) is 3.50. The molecule has 3 nitrogen and oxygen atoms in total. The van der Waals surface area contributed by atoms with E-state index >= 15 is 0 Å². The number of hydrogen-bond acceptors (Lipinski definition) is 2. The molecule has 0 aliphatic heterocycles. The lowest BCUT2D eigenvalue weighted by molar-refractivity contribution is 0.0993. The standard InChI is InChI=1S/C12H10Cl2N2O/c1-16-7-8(6-15-16)4-12(17)10-3-2-9(13)5-11(10)14/h2-3,5-7H,4H2,1H3. The Morgan fingerprint density at radius 3 is 2.76 bits per heavy atom. The van der Waals surface area contributed by atoms with Crippen LogP contribution in [0.15, 0.2) is 30.6 Å². The minimum atomic E-state index is -0.0420. The second kappa shape index (κ2) is 4.90. The molecule has 0 spiro atoms. The molecule has 0 atom stereocenters. The third-order valence-electron chi connectivity index (χ3n) is 2.35. The zero-order valence-corrected chi connectivity index (χ0v) is 10.7. The summed E-state index contributed by atoms with van der Waals surface area (Å²) in [5.41, 5.74) is 1.35. The van der Waals surface area contributed by atoms with Gasteiger partial charge in [0.05, 0.1) is 11.2 Å². The smallest absolute Gasteiger partial charge is 0.168 e. The first kappa shape index (κ1) is 12.1. The molecule has 17 heavy (non-hydrogen) atoms. The fourth-order valence-electron chi connectivity index (χ4n) is 1.56. The van der Waals surface area contributed by atoms with E-state index in [9.17, 15) is 4.79 Å². The molecule has 0 saturated heterocycles. The molecule has 1 heterocycles. The lowest BCUT2D eigenvalue weighted by atomic mass is 10.1. The van der Waals surface area contributed by atoms with Gasteiger partial charge in [-0.2, -0.15) is 5.10 Å². The van der Waals surface area contributed by atoms with E-state index in [0.717, 1.165) is 5.56 Å². The first-order chi connectivity index (χ1) is 8.06. The second-order valence-corrected chi connectivity index (χ2v) is 4.59. The van der Waals surface area contributed by atoms with Gasteiger partial charge in [-0.25, -0.2) is 0 Å². The quantitative estimate of drug-likeness (QED) is 0.802. The zero-order valence-electron chi connectivity index (χ0n) is 9.15. The molecule has 0 amide bonds. The van der Waals surface area contributed by atoms with Crippen molar-refractivity contribution in [2.24, 2.45) is 7.05 Å². The van der Waals surface area contributed by atoms with Crippen LogP contribution in [0.3, 0.4) is 0 Å². The first-order valence-corrected chi connectivity index (χ1v) is 5.77. The van der Waals surface area contributed by atoms with Crippen LogP contribution in [-0.2, 0) is 13.5 Å². The van der Waals surface area contributed by atoms with Crippen LogP contribution < -0.4 is 0 Å². The summed E-state index contributed by atoms with van der Waals surface area (Å²) >= 11 is 11.7. The van der Waals surface area contributed by atoms with E-state index < -0.39 is 0 Å². The van der Waals surface area contributed by atoms with Crippen LogP contribution in [0.2, 0.25) is 10.0 Å². The van der Waals surface area contributed by atoms with Crippen LogP contribution in [0.25, 0.3) is 0 Å². The average Bonchev–Trinajstić information content (AvgIpc) is 2.63. The largest absolute Gasteiger partial charge is 0.294 e. The second-order valence-electron chi connectivity index (χ2n) is 3.75. The Labute approximate surface area is 109 Å². The molecule has 2 rings (SSSR count). The molecule has 0 aliphatic carbocycles. The van der Waals surface area contributed by atoms with Crippen molar-refractivity contribution in [2.45, 2.75) is 6.42 Å². The van der Waals surface area contributed by atoms with Crippen molar-refractivity contribution in [2.75, 3.05) is 0 Å². The maximum atomic E-state index is 12.0. The van der Waals surface area contributed by atoms with Crippen molar-refractivity contribution >= 4 is 29.0 Å². The lowest BCUT2D eigenvalue weighted by Crippen LogP contribution is -2.03. The summed E-state index contributed by atoms with van der Waals surface area (Å²) in [5, 5.41) is 4.91. The molecule has 1 aromatic carbocycles. The number of nitrogens with zero attached hydrogens (tertiary/aromatic N) is 2. The van der Waals surface area contributed by atoms with Gasteiger partial charge in [-0.05, 0) is 23.8 Å². The Morgan fingerprint density at radius 1 is 1.41 bits per heavy atom. The highest BCUT2D eigenvalue weighted by molar-refractivity contribution is 6.36. The zero-order chi connectivity index (χ0) is 12.4. The van der Waals surface area contributed by atoms with E-state index in [4.69, 9.17) is 23.2 Å². The van der Waals surface area contributed by atoms with Gasteiger partial charge in [0, 0.05) is 30.3 Å².